The van der Waals surface area contributed by atoms with E-state index in [2.05, 4.69) is 28.4 Å². The second-order valence-electron chi connectivity index (χ2n) is 7.66. The third-order valence-electron chi connectivity index (χ3n) is 5.70. The largest absolute Gasteiger partial charge is 0.454 e. The molecule has 1 fully saturated rings. The van der Waals surface area contributed by atoms with Gasteiger partial charge in [-0.2, -0.15) is 0 Å². The molecule has 3 aromatic rings. The lowest BCUT2D eigenvalue weighted by atomic mass is 9.97. The molecule has 0 spiro atoms. The number of benzene rings is 3. The van der Waals surface area contributed by atoms with Crippen LogP contribution < -0.4 is 14.8 Å². The van der Waals surface area contributed by atoms with Gasteiger partial charge in [-0.05, 0) is 60.6 Å². The van der Waals surface area contributed by atoms with Crippen LogP contribution in [0.15, 0.2) is 54.6 Å². The summed E-state index contributed by atoms with van der Waals surface area (Å²) in [6, 6.07) is 18.2. The number of anilines is 1. The van der Waals surface area contributed by atoms with E-state index in [0.29, 0.717) is 6.54 Å². The molecule has 0 unspecified atom stereocenters. The number of amides is 1. The summed E-state index contributed by atoms with van der Waals surface area (Å²) in [5.41, 5.74) is 3.02. The molecule has 148 valence electrons. The first-order valence-corrected chi connectivity index (χ1v) is 10.2. The fraction of sp³-hybridized carbons (Fsp3) is 0.292. The molecule has 3 aromatic carbocycles. The number of rotatable bonds is 4. The lowest BCUT2D eigenvalue weighted by Crippen LogP contribution is -2.36. The minimum absolute atomic E-state index is 0.0490. The van der Waals surface area contributed by atoms with E-state index in [9.17, 15) is 4.79 Å². The van der Waals surface area contributed by atoms with E-state index in [0.717, 1.165) is 52.2 Å². The quantitative estimate of drug-likeness (QED) is 0.706. The van der Waals surface area contributed by atoms with Crippen molar-refractivity contribution in [2.75, 3.05) is 31.7 Å². The summed E-state index contributed by atoms with van der Waals surface area (Å²) in [6.07, 6.45) is 3.63. The zero-order valence-electron chi connectivity index (χ0n) is 16.3. The van der Waals surface area contributed by atoms with Crippen molar-refractivity contribution in [2.45, 2.75) is 19.3 Å². The fourth-order valence-corrected chi connectivity index (χ4v) is 4.23. The molecule has 0 radical (unpaired) electrons. The van der Waals surface area contributed by atoms with Crippen LogP contribution in [-0.4, -0.2) is 37.2 Å². The van der Waals surface area contributed by atoms with E-state index < -0.39 is 0 Å². The minimum atomic E-state index is 0.0490. The zero-order chi connectivity index (χ0) is 19.6. The van der Waals surface area contributed by atoms with E-state index in [-0.39, 0.29) is 12.7 Å². The first-order chi connectivity index (χ1) is 14.3. The van der Waals surface area contributed by atoms with Gasteiger partial charge in [0, 0.05) is 11.1 Å². The molecule has 2 aliphatic rings. The summed E-state index contributed by atoms with van der Waals surface area (Å²) < 4.78 is 11.0. The fourth-order valence-electron chi connectivity index (χ4n) is 4.23. The standard InChI is InChI=1S/C24H24N2O3/c27-24(15-26-12-4-1-5-13-26)25-21-10-9-18(19-6-2-3-7-20(19)21)17-8-11-22-23(14-17)29-16-28-22/h2-3,6-11,14H,1,4-5,12-13,15-16H2,(H,25,27). The Labute approximate surface area is 170 Å². The first-order valence-electron chi connectivity index (χ1n) is 10.2. The van der Waals surface area contributed by atoms with Crippen LogP contribution in [0.25, 0.3) is 21.9 Å². The van der Waals surface area contributed by atoms with Crippen LogP contribution in [0.5, 0.6) is 11.5 Å². The predicted octanol–water partition coefficient (Wildman–Crippen LogP) is 4.66. The molecule has 2 aliphatic heterocycles. The summed E-state index contributed by atoms with van der Waals surface area (Å²) in [4.78, 5) is 14.9. The maximum Gasteiger partial charge on any atom is 0.238 e. The summed E-state index contributed by atoms with van der Waals surface area (Å²) in [6.45, 7) is 2.74. The number of nitrogens with one attached hydrogen (secondary N) is 1. The third-order valence-corrected chi connectivity index (χ3v) is 5.70. The monoisotopic (exact) mass is 388 g/mol. The number of piperidine rings is 1. The molecule has 1 amide bonds. The Kier molecular flexibility index (Phi) is 4.82. The number of carbonyl (C=O) groups excluding carboxylic acids is 1. The summed E-state index contributed by atoms with van der Waals surface area (Å²) in [7, 11) is 0. The van der Waals surface area contributed by atoms with Gasteiger partial charge < -0.3 is 14.8 Å². The molecule has 0 aliphatic carbocycles. The number of hydrogen-bond donors (Lipinski definition) is 1. The smallest absolute Gasteiger partial charge is 0.238 e. The zero-order valence-corrected chi connectivity index (χ0v) is 16.3. The Hall–Kier alpha value is -3.05. The van der Waals surface area contributed by atoms with Gasteiger partial charge in [-0.15, -0.1) is 0 Å². The van der Waals surface area contributed by atoms with Gasteiger partial charge in [0.15, 0.2) is 11.5 Å². The molecular weight excluding hydrogens is 364 g/mol. The maximum atomic E-state index is 12.6. The lowest BCUT2D eigenvalue weighted by molar-refractivity contribution is -0.117. The van der Waals surface area contributed by atoms with Crippen molar-refractivity contribution in [3.8, 4) is 22.6 Å². The predicted molar refractivity (Wildman–Crippen MR) is 114 cm³/mol. The topological polar surface area (TPSA) is 50.8 Å². The van der Waals surface area contributed by atoms with Gasteiger partial charge in [0.2, 0.25) is 12.7 Å². The number of fused-ring (bicyclic) bond motifs is 2. The highest BCUT2D eigenvalue weighted by atomic mass is 16.7. The second-order valence-corrected chi connectivity index (χ2v) is 7.66. The molecule has 29 heavy (non-hydrogen) atoms. The third kappa shape index (κ3) is 3.66. The van der Waals surface area contributed by atoms with Crippen LogP contribution >= 0.6 is 0 Å². The second kappa shape index (κ2) is 7.76. The van der Waals surface area contributed by atoms with Gasteiger partial charge in [-0.25, -0.2) is 0 Å². The van der Waals surface area contributed by atoms with Crippen LogP contribution in [0.2, 0.25) is 0 Å². The summed E-state index contributed by atoms with van der Waals surface area (Å²) in [5.74, 6) is 1.60. The van der Waals surface area contributed by atoms with Crippen LogP contribution in [0, 0.1) is 0 Å². The SMILES string of the molecule is O=C(CN1CCCCC1)Nc1ccc(-c2ccc3c(c2)OCO3)c2ccccc12. The van der Waals surface area contributed by atoms with E-state index >= 15 is 0 Å². The Morgan fingerprint density at radius 3 is 2.55 bits per heavy atom. The van der Waals surface area contributed by atoms with E-state index in [1.807, 2.05) is 36.4 Å². The van der Waals surface area contributed by atoms with E-state index in [1.54, 1.807) is 0 Å². The number of hydrogen-bond acceptors (Lipinski definition) is 4. The molecule has 1 saturated heterocycles. The minimum Gasteiger partial charge on any atom is -0.454 e. The van der Waals surface area contributed by atoms with Crippen LogP contribution in [0.3, 0.4) is 0 Å². The van der Waals surface area contributed by atoms with Crippen molar-refractivity contribution >= 4 is 22.4 Å². The van der Waals surface area contributed by atoms with Gasteiger partial charge in [-0.3, -0.25) is 9.69 Å². The molecule has 0 bridgehead atoms. The molecule has 0 saturated carbocycles. The molecule has 5 rings (SSSR count). The number of likely N-dealkylation sites (tertiary alicyclic amines) is 1. The average molecular weight is 388 g/mol. The Bertz CT molecular complexity index is 1060. The van der Waals surface area contributed by atoms with Crippen LogP contribution in [0.1, 0.15) is 19.3 Å². The molecule has 1 N–H and O–H groups in total. The lowest BCUT2D eigenvalue weighted by Gasteiger charge is -2.25. The van der Waals surface area contributed by atoms with Gasteiger partial charge >= 0.3 is 0 Å². The Balaban J connectivity index is 1.44. The summed E-state index contributed by atoms with van der Waals surface area (Å²) in [5, 5.41) is 5.26. The molecule has 2 heterocycles. The highest BCUT2D eigenvalue weighted by molar-refractivity contribution is 6.08. The Morgan fingerprint density at radius 2 is 1.69 bits per heavy atom. The number of ether oxygens (including phenoxy) is 2. The van der Waals surface area contributed by atoms with Crippen LogP contribution in [0.4, 0.5) is 5.69 Å². The number of nitrogens with zero attached hydrogens (tertiary/aromatic N) is 1. The highest BCUT2D eigenvalue weighted by Gasteiger charge is 2.17. The maximum absolute atomic E-state index is 12.6. The van der Waals surface area contributed by atoms with Crippen molar-refractivity contribution in [2.24, 2.45) is 0 Å². The van der Waals surface area contributed by atoms with Crippen molar-refractivity contribution in [1.82, 2.24) is 4.90 Å². The van der Waals surface area contributed by atoms with Crippen molar-refractivity contribution in [3.05, 3.63) is 54.6 Å². The average Bonchev–Trinajstić information content (AvgIpc) is 3.22. The molecular formula is C24H24N2O3. The molecule has 5 nitrogen and oxygen atoms in total. The molecule has 5 heteroatoms. The highest BCUT2D eigenvalue weighted by Crippen LogP contribution is 2.39. The van der Waals surface area contributed by atoms with Crippen LogP contribution in [-0.2, 0) is 4.79 Å². The van der Waals surface area contributed by atoms with Gasteiger partial charge in [0.1, 0.15) is 0 Å². The molecule has 0 atom stereocenters. The Morgan fingerprint density at radius 1 is 0.897 bits per heavy atom. The van der Waals surface area contributed by atoms with Gasteiger partial charge in [0.25, 0.3) is 0 Å². The van der Waals surface area contributed by atoms with Crippen molar-refractivity contribution in [3.63, 3.8) is 0 Å². The molecule has 0 aromatic heterocycles. The van der Waals surface area contributed by atoms with Crippen molar-refractivity contribution in [1.29, 1.82) is 0 Å². The number of carbonyl (C=O) groups is 1. The van der Waals surface area contributed by atoms with Gasteiger partial charge in [0.05, 0.1) is 6.54 Å². The van der Waals surface area contributed by atoms with Gasteiger partial charge in [-0.1, -0.05) is 42.8 Å². The summed E-state index contributed by atoms with van der Waals surface area (Å²) >= 11 is 0. The van der Waals surface area contributed by atoms with Crippen molar-refractivity contribution < 1.29 is 14.3 Å². The van der Waals surface area contributed by atoms with E-state index in [4.69, 9.17) is 9.47 Å². The normalized spacial score (nSPS) is 16.1. The van der Waals surface area contributed by atoms with E-state index in [1.165, 1.54) is 19.3 Å². The first kappa shape index (κ1) is 18.0.